The molecule has 0 aromatic heterocycles. The zero-order valence-corrected chi connectivity index (χ0v) is 15.5. The summed E-state index contributed by atoms with van der Waals surface area (Å²) in [5, 5.41) is 0. The van der Waals surface area contributed by atoms with Gasteiger partial charge in [0.15, 0.2) is 0 Å². The maximum absolute atomic E-state index is 13.1. The van der Waals surface area contributed by atoms with Crippen molar-refractivity contribution in [2.24, 2.45) is 0 Å². The van der Waals surface area contributed by atoms with Crippen LogP contribution in [0.25, 0.3) is 6.08 Å². The number of fused-ring (bicyclic) bond motifs is 2. The zero-order chi connectivity index (χ0) is 19.7. The van der Waals surface area contributed by atoms with Gasteiger partial charge in [-0.1, -0.05) is 24.3 Å². The molecule has 2 aliphatic heterocycles. The van der Waals surface area contributed by atoms with E-state index in [-0.39, 0.29) is 11.8 Å². The zero-order valence-electron chi connectivity index (χ0n) is 15.5. The molecule has 2 aromatic carbocycles. The van der Waals surface area contributed by atoms with Gasteiger partial charge in [-0.05, 0) is 48.7 Å². The molecule has 0 spiro atoms. The lowest BCUT2D eigenvalue weighted by Crippen LogP contribution is -2.46. The largest absolute Gasteiger partial charge is 0.497 e. The Hall–Kier alpha value is -3.41. The van der Waals surface area contributed by atoms with E-state index in [1.54, 1.807) is 54.5 Å². The lowest BCUT2D eigenvalue weighted by atomic mass is 10.1. The molecule has 1 atom stereocenters. The molecule has 142 valence electrons. The topological polar surface area (TPSA) is 66.9 Å². The fourth-order valence-electron chi connectivity index (χ4n) is 3.72. The van der Waals surface area contributed by atoms with Crippen molar-refractivity contribution >= 4 is 29.5 Å². The van der Waals surface area contributed by atoms with Gasteiger partial charge in [0.05, 0.1) is 18.4 Å². The smallest absolute Gasteiger partial charge is 0.257 e. The number of amides is 3. The summed E-state index contributed by atoms with van der Waals surface area (Å²) in [7, 11) is 1.59. The number of carbonyl (C=O) groups is 3. The normalized spacial score (nSPS) is 18.8. The number of hydrogen-bond donors (Lipinski definition) is 0. The molecule has 2 heterocycles. The molecule has 0 saturated carbocycles. The second-order valence-electron chi connectivity index (χ2n) is 6.79. The Morgan fingerprint density at radius 2 is 1.86 bits per heavy atom. The maximum Gasteiger partial charge on any atom is 0.257 e. The predicted molar refractivity (Wildman–Crippen MR) is 105 cm³/mol. The van der Waals surface area contributed by atoms with Crippen LogP contribution in [0.1, 0.15) is 28.8 Å². The number of para-hydroxylation sites is 1. The monoisotopic (exact) mass is 376 g/mol. The second kappa shape index (κ2) is 7.31. The second-order valence-corrected chi connectivity index (χ2v) is 6.79. The molecule has 6 nitrogen and oxygen atoms in total. The highest BCUT2D eigenvalue weighted by molar-refractivity contribution is 6.25. The molecule has 6 heteroatoms. The number of methoxy groups -OCH3 is 1. The van der Waals surface area contributed by atoms with Crippen LogP contribution in [0.3, 0.4) is 0 Å². The van der Waals surface area contributed by atoms with Gasteiger partial charge >= 0.3 is 0 Å². The Bertz CT molecular complexity index is 965. The number of ether oxygens (including phenoxy) is 1. The maximum atomic E-state index is 13.1. The van der Waals surface area contributed by atoms with Crippen molar-refractivity contribution in [3.63, 3.8) is 0 Å². The molecule has 3 amide bonds. The fraction of sp³-hybridized carbons (Fsp3) is 0.227. The van der Waals surface area contributed by atoms with Crippen LogP contribution in [0.5, 0.6) is 5.75 Å². The summed E-state index contributed by atoms with van der Waals surface area (Å²) in [4.78, 5) is 41.7. The van der Waals surface area contributed by atoms with E-state index in [9.17, 15) is 14.4 Å². The SMILES string of the molecule is COc1ccc(/C=C/C(=O)N2C(=O)C3CCCN3C(=O)c3ccccc32)cc1. The minimum Gasteiger partial charge on any atom is -0.497 e. The Labute approximate surface area is 163 Å². The van der Waals surface area contributed by atoms with Crippen molar-refractivity contribution < 1.29 is 19.1 Å². The van der Waals surface area contributed by atoms with E-state index < -0.39 is 11.9 Å². The average Bonchev–Trinajstić information content (AvgIpc) is 3.19. The lowest BCUT2D eigenvalue weighted by molar-refractivity contribution is -0.126. The van der Waals surface area contributed by atoms with Crippen molar-refractivity contribution in [2.75, 3.05) is 18.6 Å². The van der Waals surface area contributed by atoms with Crippen molar-refractivity contribution in [1.29, 1.82) is 0 Å². The third-order valence-corrected chi connectivity index (χ3v) is 5.15. The molecule has 0 N–H and O–H groups in total. The number of carbonyl (C=O) groups excluding carboxylic acids is 3. The first-order valence-corrected chi connectivity index (χ1v) is 9.20. The van der Waals surface area contributed by atoms with Gasteiger partial charge < -0.3 is 9.64 Å². The molecule has 0 radical (unpaired) electrons. The van der Waals surface area contributed by atoms with Gasteiger partial charge in [0.2, 0.25) is 0 Å². The van der Waals surface area contributed by atoms with Crippen molar-refractivity contribution in [1.82, 2.24) is 4.90 Å². The number of rotatable bonds is 3. The number of benzene rings is 2. The Balaban J connectivity index is 1.68. The van der Waals surface area contributed by atoms with E-state index in [0.29, 0.717) is 24.2 Å². The highest BCUT2D eigenvalue weighted by atomic mass is 16.5. The molecular formula is C22H20N2O4. The molecule has 2 aromatic rings. The summed E-state index contributed by atoms with van der Waals surface area (Å²) in [6, 6.07) is 13.4. The predicted octanol–water partition coefficient (Wildman–Crippen LogP) is 2.89. The summed E-state index contributed by atoms with van der Waals surface area (Å²) in [6.07, 6.45) is 4.35. The third-order valence-electron chi connectivity index (χ3n) is 5.15. The van der Waals surface area contributed by atoms with E-state index in [1.165, 1.54) is 6.08 Å². The van der Waals surface area contributed by atoms with Gasteiger partial charge in [0.1, 0.15) is 11.8 Å². The molecule has 2 aliphatic rings. The highest BCUT2D eigenvalue weighted by Gasteiger charge is 2.43. The highest BCUT2D eigenvalue weighted by Crippen LogP contribution is 2.32. The van der Waals surface area contributed by atoms with E-state index in [4.69, 9.17) is 4.74 Å². The summed E-state index contributed by atoms with van der Waals surface area (Å²) in [5.74, 6) is -0.282. The molecule has 28 heavy (non-hydrogen) atoms. The summed E-state index contributed by atoms with van der Waals surface area (Å²) in [5.41, 5.74) is 1.53. The quantitative estimate of drug-likeness (QED) is 0.773. The van der Waals surface area contributed by atoms with Gasteiger partial charge in [-0.15, -0.1) is 0 Å². The molecule has 4 rings (SSSR count). The molecule has 1 unspecified atom stereocenters. The van der Waals surface area contributed by atoms with Crippen LogP contribution in [-0.2, 0) is 9.59 Å². The first kappa shape index (κ1) is 18.0. The number of nitrogens with zero attached hydrogens (tertiary/aromatic N) is 2. The fourth-order valence-corrected chi connectivity index (χ4v) is 3.72. The van der Waals surface area contributed by atoms with Gasteiger partial charge in [0.25, 0.3) is 17.7 Å². The van der Waals surface area contributed by atoms with E-state index in [2.05, 4.69) is 0 Å². The van der Waals surface area contributed by atoms with Gasteiger partial charge in [0, 0.05) is 12.6 Å². The summed E-state index contributed by atoms with van der Waals surface area (Å²) < 4.78 is 5.13. The van der Waals surface area contributed by atoms with Crippen LogP contribution in [0.15, 0.2) is 54.6 Å². The van der Waals surface area contributed by atoms with Crippen molar-refractivity contribution in [3.05, 3.63) is 65.7 Å². The van der Waals surface area contributed by atoms with Crippen LogP contribution in [0.2, 0.25) is 0 Å². The van der Waals surface area contributed by atoms with Crippen LogP contribution >= 0.6 is 0 Å². The Kier molecular flexibility index (Phi) is 4.69. The van der Waals surface area contributed by atoms with Crippen LogP contribution in [0, 0.1) is 0 Å². The number of imide groups is 1. The van der Waals surface area contributed by atoms with Gasteiger partial charge in [-0.2, -0.15) is 0 Å². The van der Waals surface area contributed by atoms with Gasteiger partial charge in [-0.3, -0.25) is 14.4 Å². The number of anilines is 1. The van der Waals surface area contributed by atoms with E-state index in [0.717, 1.165) is 22.6 Å². The minimum absolute atomic E-state index is 0.194. The third kappa shape index (κ3) is 3.07. The molecule has 1 fully saturated rings. The molecular weight excluding hydrogens is 356 g/mol. The van der Waals surface area contributed by atoms with Crippen LogP contribution in [-0.4, -0.2) is 42.3 Å². The van der Waals surface area contributed by atoms with Crippen molar-refractivity contribution in [2.45, 2.75) is 18.9 Å². The van der Waals surface area contributed by atoms with Crippen LogP contribution in [0.4, 0.5) is 5.69 Å². The molecule has 1 saturated heterocycles. The molecule has 0 aliphatic carbocycles. The van der Waals surface area contributed by atoms with Gasteiger partial charge in [-0.25, -0.2) is 4.90 Å². The molecule has 0 bridgehead atoms. The van der Waals surface area contributed by atoms with E-state index >= 15 is 0 Å². The van der Waals surface area contributed by atoms with Crippen LogP contribution < -0.4 is 9.64 Å². The first-order valence-electron chi connectivity index (χ1n) is 9.20. The Morgan fingerprint density at radius 3 is 2.61 bits per heavy atom. The lowest BCUT2D eigenvalue weighted by Gasteiger charge is -2.23. The minimum atomic E-state index is -0.585. The van der Waals surface area contributed by atoms with Crippen molar-refractivity contribution in [3.8, 4) is 5.75 Å². The number of hydrogen-bond acceptors (Lipinski definition) is 4. The first-order chi connectivity index (χ1) is 13.6. The summed E-state index contributed by atoms with van der Waals surface area (Å²) in [6.45, 7) is 0.535. The standard InChI is InChI=1S/C22H20N2O4/c1-28-16-11-8-15(9-12-16)10-13-20(25)24-18-6-3-2-5-17(18)21(26)23-14-4-7-19(23)22(24)27/h2-3,5-6,8-13,19H,4,7,14H2,1H3/b13-10+. The van der Waals surface area contributed by atoms with E-state index in [1.807, 2.05) is 12.1 Å². The summed E-state index contributed by atoms with van der Waals surface area (Å²) >= 11 is 0. The Morgan fingerprint density at radius 1 is 1.11 bits per heavy atom. The average molecular weight is 376 g/mol.